The number of nitrogens with one attached hydrogen (secondary N) is 1. The standard InChI is InChI=1S/C29H37NO4.C27H38O5.C7H9N.C4H9O.K/c1-20(2)14-17-32-26-13-12-25(29(31)30-24-10-8-23(7)9-11-24)27(33-18-15-21(3)4)28(26)34-19-16-22(5)6;1-19(2)11-15-29-24-10-9-23(27(28)32-18-14-22(7)8)25(30-16-12-20(3)4)26(24)31-17-13-21(5)6;1-6-2-4-7(8)5-3-6;1-4(2,3)5;/h8-16H,17-19H2,1-7H3,(H,30,31);9-14H,15-18H2,1-8H3;2-5H,8H2,1H3;1-3H3;/q;;;-1;+1. The zero-order chi connectivity index (χ0) is 59.7. The molecule has 4 aromatic carbocycles. The van der Waals surface area contributed by atoms with E-state index < -0.39 is 11.6 Å². The first-order valence-electron chi connectivity index (χ1n) is 26.7. The maximum absolute atomic E-state index is 13.2. The average Bonchev–Trinajstić information content (AvgIpc) is 3.33. The Hall–Kier alpha value is -5.80. The number of allylic oxidation sites excluding steroid dienone is 7. The van der Waals surface area contributed by atoms with Crippen LogP contribution in [0.25, 0.3) is 0 Å². The van der Waals surface area contributed by atoms with Crippen LogP contribution >= 0.6 is 0 Å². The minimum atomic E-state index is -0.750. The molecule has 0 atom stereocenters. The Labute approximate surface area is 523 Å². The van der Waals surface area contributed by atoms with Crippen LogP contribution in [0.4, 0.5) is 11.4 Å². The number of anilines is 2. The second-order valence-electron chi connectivity index (χ2n) is 21.3. The zero-order valence-corrected chi connectivity index (χ0v) is 55.2. The van der Waals surface area contributed by atoms with Crippen molar-refractivity contribution >= 4 is 23.3 Å². The van der Waals surface area contributed by atoms with Gasteiger partial charge >= 0.3 is 57.4 Å². The van der Waals surface area contributed by atoms with Gasteiger partial charge in [-0.15, -0.1) is 5.60 Å². The zero-order valence-electron chi connectivity index (χ0n) is 52.1. The number of benzene rings is 4. The van der Waals surface area contributed by atoms with Gasteiger partial charge in [-0.05, 0) is 202 Å². The third-order valence-electron chi connectivity index (χ3n) is 10.0. The predicted molar refractivity (Wildman–Crippen MR) is 327 cm³/mol. The number of esters is 1. The summed E-state index contributed by atoms with van der Waals surface area (Å²) in [6, 6.07) is 22.3. The molecular weight excluding hydrogens is 1030 g/mol. The van der Waals surface area contributed by atoms with Crippen LogP contribution in [0.1, 0.15) is 150 Å². The summed E-state index contributed by atoms with van der Waals surface area (Å²) in [4.78, 5) is 26.1. The molecule has 0 saturated heterocycles. The number of amides is 1. The van der Waals surface area contributed by atoms with Crippen LogP contribution in [-0.2, 0) is 4.74 Å². The van der Waals surface area contributed by atoms with E-state index in [1.165, 1.54) is 5.56 Å². The van der Waals surface area contributed by atoms with Crippen LogP contribution in [-0.4, -0.2) is 63.7 Å². The minimum Gasteiger partial charge on any atom is -0.850 e. The van der Waals surface area contributed by atoms with Gasteiger partial charge in [-0.2, -0.15) is 0 Å². The second-order valence-corrected chi connectivity index (χ2v) is 21.3. The summed E-state index contributed by atoms with van der Waals surface area (Å²) in [5, 5.41) is 13.1. The summed E-state index contributed by atoms with van der Waals surface area (Å²) in [6.45, 7) is 39.1. The maximum atomic E-state index is 13.2. The molecule has 0 spiro atoms. The predicted octanol–water partition coefficient (Wildman–Crippen LogP) is 12.9. The van der Waals surface area contributed by atoms with E-state index >= 15 is 0 Å². The van der Waals surface area contributed by atoms with E-state index in [-0.39, 0.29) is 63.9 Å². The Bertz CT molecular complexity index is 2680. The van der Waals surface area contributed by atoms with Crippen molar-refractivity contribution in [3.05, 3.63) is 177 Å². The minimum absolute atomic E-state index is 0. The van der Waals surface area contributed by atoms with Crippen molar-refractivity contribution < 1.29 is 99.2 Å². The molecule has 0 radical (unpaired) electrons. The molecule has 80 heavy (non-hydrogen) atoms. The SMILES string of the molecule is CC(C)(C)[O-].CC(C)=CCOC(=O)c1ccc(OCC=C(C)C)c(OCC=C(C)C)c1OCC=C(C)C.CC(C)=CCOc1ccc(C(=O)Nc2ccc(C)cc2)c(OCC=C(C)C)c1OCC=C(C)C.Cc1ccc(N)cc1.[K+]. The van der Waals surface area contributed by atoms with Crippen molar-refractivity contribution in [2.75, 3.05) is 57.3 Å². The van der Waals surface area contributed by atoms with Gasteiger partial charge in [-0.1, -0.05) is 95.2 Å². The number of ether oxygens (including phenoxy) is 7. The molecule has 1 amide bonds. The molecule has 0 fully saturated rings. The molecule has 0 bridgehead atoms. The van der Waals surface area contributed by atoms with Crippen LogP contribution in [0.3, 0.4) is 0 Å². The first-order valence-corrected chi connectivity index (χ1v) is 26.7. The van der Waals surface area contributed by atoms with Gasteiger partial charge in [0.1, 0.15) is 51.8 Å². The molecule has 0 heterocycles. The van der Waals surface area contributed by atoms with Crippen LogP contribution in [0, 0.1) is 13.8 Å². The van der Waals surface area contributed by atoms with E-state index in [9.17, 15) is 14.7 Å². The second kappa shape index (κ2) is 40.4. The summed E-state index contributed by atoms with van der Waals surface area (Å²) < 4.78 is 41.6. The number of aryl methyl sites for hydroxylation is 2. The number of nitrogens with two attached hydrogens (primary N) is 1. The average molecular weight is 1130 g/mol. The number of nitrogen functional groups attached to an aromatic ring is 1. The Balaban J connectivity index is 0.00000126. The van der Waals surface area contributed by atoms with Crippen LogP contribution in [0.5, 0.6) is 34.5 Å². The Morgan fingerprint density at radius 3 is 1.06 bits per heavy atom. The third-order valence-corrected chi connectivity index (χ3v) is 10.0. The van der Waals surface area contributed by atoms with Gasteiger partial charge in [0.15, 0.2) is 23.0 Å². The van der Waals surface area contributed by atoms with E-state index in [0.29, 0.717) is 91.0 Å². The summed E-state index contributed by atoms with van der Waals surface area (Å²) in [6.07, 6.45) is 13.6. The topological polar surface area (TPSA) is 160 Å². The number of carbonyl (C=O) groups excluding carboxylic acids is 2. The Kier molecular flexibility index (Phi) is 37.5. The van der Waals surface area contributed by atoms with Gasteiger partial charge in [0.2, 0.25) is 11.5 Å². The molecule has 0 aliphatic carbocycles. The molecule has 0 aliphatic rings. The molecular formula is C67H93KN2O10. The molecule has 0 unspecified atom stereocenters. The molecule has 13 heteroatoms. The fraction of sp³-hybridized carbons (Fsp3) is 0.403. The number of hydrogen-bond acceptors (Lipinski definition) is 11. The van der Waals surface area contributed by atoms with E-state index in [2.05, 4.69) is 5.32 Å². The third kappa shape index (κ3) is 35.0. The Morgan fingerprint density at radius 2 is 0.725 bits per heavy atom. The number of rotatable bonds is 23. The summed E-state index contributed by atoms with van der Waals surface area (Å²) in [7, 11) is 0. The summed E-state index contributed by atoms with van der Waals surface area (Å²) in [5.74, 6) is 1.77. The smallest absolute Gasteiger partial charge is 0.850 e. The monoisotopic (exact) mass is 1120 g/mol. The fourth-order valence-corrected chi connectivity index (χ4v) is 5.74. The quantitative estimate of drug-likeness (QED) is 0.0315. The molecule has 3 N–H and O–H groups in total. The first-order chi connectivity index (χ1) is 37.1. The van der Waals surface area contributed by atoms with Crippen molar-refractivity contribution in [2.45, 2.75) is 137 Å². The molecule has 4 aromatic rings. The van der Waals surface area contributed by atoms with E-state index in [4.69, 9.17) is 38.9 Å². The van der Waals surface area contributed by atoms with Crippen LogP contribution in [0.2, 0.25) is 0 Å². The summed E-state index contributed by atoms with van der Waals surface area (Å²) >= 11 is 0. The van der Waals surface area contributed by atoms with Gasteiger partial charge in [0, 0.05) is 11.4 Å². The number of hydrogen-bond donors (Lipinski definition) is 2. The van der Waals surface area contributed by atoms with Crippen molar-refractivity contribution in [3.8, 4) is 34.5 Å². The van der Waals surface area contributed by atoms with E-state index in [1.54, 1.807) is 45.0 Å². The summed E-state index contributed by atoms with van der Waals surface area (Å²) in [5.41, 5.74) is 17.1. The molecule has 12 nitrogen and oxygen atoms in total. The van der Waals surface area contributed by atoms with Gasteiger partial charge < -0.3 is 49.3 Å². The van der Waals surface area contributed by atoms with Crippen LogP contribution in [0.15, 0.2) is 154 Å². The van der Waals surface area contributed by atoms with Gasteiger partial charge in [-0.3, -0.25) is 4.79 Å². The van der Waals surface area contributed by atoms with Gasteiger partial charge in [0.05, 0.1) is 5.56 Å². The van der Waals surface area contributed by atoms with Crippen molar-refractivity contribution in [2.24, 2.45) is 0 Å². The maximum Gasteiger partial charge on any atom is 1.00 e. The molecule has 0 aromatic heterocycles. The molecule has 432 valence electrons. The van der Waals surface area contributed by atoms with Gasteiger partial charge in [-0.25, -0.2) is 4.79 Å². The Morgan fingerprint density at radius 1 is 0.438 bits per heavy atom. The molecule has 0 aliphatic heterocycles. The van der Waals surface area contributed by atoms with Gasteiger partial charge in [0.25, 0.3) is 5.91 Å². The van der Waals surface area contributed by atoms with Crippen molar-refractivity contribution in [3.63, 3.8) is 0 Å². The normalized spacial score (nSPS) is 9.90. The molecule has 0 saturated carbocycles. The van der Waals surface area contributed by atoms with Crippen molar-refractivity contribution in [1.29, 1.82) is 0 Å². The van der Waals surface area contributed by atoms with Crippen molar-refractivity contribution in [1.82, 2.24) is 0 Å². The van der Waals surface area contributed by atoms with Crippen LogP contribution < -0.4 is 96.0 Å². The first kappa shape index (κ1) is 74.2. The van der Waals surface area contributed by atoms with E-state index in [1.807, 2.05) is 202 Å². The van der Waals surface area contributed by atoms with E-state index in [0.717, 1.165) is 50.3 Å². The molecule has 4 rings (SSSR count). The fourth-order valence-electron chi connectivity index (χ4n) is 5.74. The largest absolute Gasteiger partial charge is 1.00 e. The number of carbonyl (C=O) groups is 2.